The van der Waals surface area contributed by atoms with Crippen molar-refractivity contribution in [3.8, 4) is 0 Å². The third-order valence-electron chi connectivity index (χ3n) is 4.92. The zero-order valence-electron chi connectivity index (χ0n) is 10.0. The van der Waals surface area contributed by atoms with Crippen LogP contribution in [0.5, 0.6) is 0 Å². The summed E-state index contributed by atoms with van der Waals surface area (Å²) in [4.78, 5) is 11.0. The molecular weight excluding hydrogens is 282 g/mol. The Hall–Kier alpha value is -1.02. The first-order valence-corrected chi connectivity index (χ1v) is 7.28. The van der Waals surface area contributed by atoms with Crippen LogP contribution in [0.1, 0.15) is 19.8 Å². The van der Waals surface area contributed by atoms with Gasteiger partial charge in [-0.05, 0) is 35.7 Å². The van der Waals surface area contributed by atoms with Gasteiger partial charge >= 0.3 is 21.3 Å². The third kappa shape index (κ3) is 1.36. The number of ether oxygens (including phenoxy) is 1. The van der Waals surface area contributed by atoms with Gasteiger partial charge in [-0.25, -0.2) is 4.79 Å². The van der Waals surface area contributed by atoms with Crippen LogP contribution < -0.4 is 0 Å². The molecule has 1 N–H and O–H groups in total. The van der Waals surface area contributed by atoms with Crippen LogP contribution in [0.2, 0.25) is 0 Å². The predicted octanol–water partition coefficient (Wildman–Crippen LogP) is 1.37. The Bertz CT molecular complexity index is 609. The van der Waals surface area contributed by atoms with Crippen molar-refractivity contribution in [3.63, 3.8) is 0 Å². The van der Waals surface area contributed by atoms with E-state index in [1.165, 1.54) is 0 Å². The minimum absolute atomic E-state index is 0.174. The molecule has 106 valence electrons. The van der Waals surface area contributed by atoms with Crippen LogP contribution in [0.25, 0.3) is 0 Å². The van der Waals surface area contributed by atoms with Crippen molar-refractivity contribution in [2.24, 2.45) is 17.3 Å². The molecule has 0 saturated heterocycles. The Labute approximate surface area is 108 Å². The van der Waals surface area contributed by atoms with Crippen LogP contribution in [0.3, 0.4) is 0 Å². The quantitative estimate of drug-likeness (QED) is 0.481. The number of esters is 1. The number of rotatable bonds is 4. The minimum atomic E-state index is -5.79. The topological polar surface area (TPSA) is 80.7 Å². The molecule has 0 bridgehead atoms. The second-order valence-corrected chi connectivity index (χ2v) is 7.01. The third-order valence-corrected chi connectivity index (χ3v) is 5.74. The molecule has 0 aromatic carbocycles. The number of alkyl halides is 2. The van der Waals surface area contributed by atoms with E-state index in [1.54, 1.807) is 0 Å². The largest absolute Gasteiger partial charge is 0.465 e. The molecular formula is C11H12F2O5S. The molecule has 0 spiro atoms. The second-order valence-electron chi connectivity index (χ2n) is 5.54. The summed E-state index contributed by atoms with van der Waals surface area (Å²) in [6.45, 7) is 1.79. The average molecular weight is 294 g/mol. The van der Waals surface area contributed by atoms with Crippen molar-refractivity contribution in [1.82, 2.24) is 0 Å². The van der Waals surface area contributed by atoms with Gasteiger partial charge in [-0.3, -0.25) is 4.55 Å². The van der Waals surface area contributed by atoms with Crippen molar-refractivity contribution in [2.45, 2.75) is 25.0 Å². The molecule has 19 heavy (non-hydrogen) atoms. The van der Waals surface area contributed by atoms with Crippen LogP contribution in [0, 0.1) is 17.3 Å². The first-order chi connectivity index (χ1) is 8.60. The van der Waals surface area contributed by atoms with Crippen LogP contribution in [-0.2, 0) is 19.6 Å². The maximum atomic E-state index is 12.9. The normalized spacial score (nSPS) is 35.8. The lowest BCUT2D eigenvalue weighted by Gasteiger charge is -2.73. The number of hydrogen-bond acceptors (Lipinski definition) is 4. The summed E-state index contributed by atoms with van der Waals surface area (Å²) < 4.78 is 59.2. The Balaban J connectivity index is 1.66. The van der Waals surface area contributed by atoms with Crippen molar-refractivity contribution in [3.05, 3.63) is 11.1 Å². The predicted molar refractivity (Wildman–Crippen MR) is 58.8 cm³/mol. The fourth-order valence-corrected chi connectivity index (χ4v) is 3.89. The second kappa shape index (κ2) is 3.35. The lowest BCUT2D eigenvalue weighted by atomic mass is 9.31. The van der Waals surface area contributed by atoms with E-state index < -0.39 is 21.3 Å². The molecule has 0 heterocycles. The molecule has 0 amide bonds. The molecule has 2 fully saturated rings. The van der Waals surface area contributed by atoms with Crippen LogP contribution in [0.4, 0.5) is 8.78 Å². The van der Waals surface area contributed by atoms with E-state index in [9.17, 15) is 22.0 Å². The fourth-order valence-electron chi connectivity index (χ4n) is 3.62. The van der Waals surface area contributed by atoms with Crippen molar-refractivity contribution in [1.29, 1.82) is 0 Å². The summed E-state index contributed by atoms with van der Waals surface area (Å²) in [5.41, 5.74) is 2.16. The molecule has 3 atom stereocenters. The van der Waals surface area contributed by atoms with Gasteiger partial charge in [0, 0.05) is 0 Å². The molecule has 8 heteroatoms. The SMILES string of the molecule is CC12C3=C(COC(=O)C(F)(F)S(=O)(=O)O)C1CC2C3. The number of carbonyl (C=O) groups is 1. The molecule has 3 aliphatic rings. The average Bonchev–Trinajstić information content (AvgIpc) is 2.34. The monoisotopic (exact) mass is 294 g/mol. The summed E-state index contributed by atoms with van der Waals surface area (Å²) in [7, 11) is -5.79. The van der Waals surface area contributed by atoms with Crippen molar-refractivity contribution >= 4 is 16.1 Å². The van der Waals surface area contributed by atoms with Gasteiger partial charge in [0.25, 0.3) is 0 Å². The van der Waals surface area contributed by atoms with E-state index in [2.05, 4.69) is 11.7 Å². The molecule has 0 aromatic heterocycles. The van der Waals surface area contributed by atoms with Crippen LogP contribution in [0.15, 0.2) is 11.1 Å². The Kier molecular flexibility index (Phi) is 2.29. The smallest absolute Gasteiger partial charge is 0.456 e. The molecule has 0 aromatic rings. The first-order valence-electron chi connectivity index (χ1n) is 5.84. The van der Waals surface area contributed by atoms with E-state index in [1.807, 2.05) is 0 Å². The standard InChI is InChI=1S/C11H12F2O5S/c1-10-5-2-7(10)6(8(10)3-5)4-18-9(14)11(12,13)19(15,16)17/h5,7H,2-4H2,1H3,(H,15,16,17). The summed E-state index contributed by atoms with van der Waals surface area (Å²) in [5.74, 6) is -1.30. The van der Waals surface area contributed by atoms with Gasteiger partial charge in [-0.2, -0.15) is 17.2 Å². The van der Waals surface area contributed by atoms with E-state index in [-0.39, 0.29) is 17.9 Å². The molecule has 3 unspecified atom stereocenters. The molecule has 0 radical (unpaired) electrons. The molecule has 0 aliphatic heterocycles. The maximum Gasteiger partial charge on any atom is 0.465 e. The van der Waals surface area contributed by atoms with Crippen LogP contribution in [-0.4, -0.2) is 30.8 Å². The fraction of sp³-hybridized carbons (Fsp3) is 0.727. The van der Waals surface area contributed by atoms with Gasteiger partial charge in [0.05, 0.1) is 0 Å². The highest BCUT2D eigenvalue weighted by Gasteiger charge is 2.69. The van der Waals surface area contributed by atoms with E-state index in [0.29, 0.717) is 5.92 Å². The molecule has 2 saturated carbocycles. The van der Waals surface area contributed by atoms with Crippen LogP contribution >= 0.6 is 0 Å². The molecule has 3 aliphatic carbocycles. The maximum absolute atomic E-state index is 12.9. The summed E-state index contributed by atoms with van der Waals surface area (Å²) >= 11 is 0. The number of halogens is 2. The summed E-state index contributed by atoms with van der Waals surface area (Å²) in [6, 6.07) is 0. The van der Waals surface area contributed by atoms with Gasteiger partial charge in [0.2, 0.25) is 0 Å². The highest BCUT2D eigenvalue weighted by atomic mass is 32.2. The molecule has 5 nitrogen and oxygen atoms in total. The van der Waals surface area contributed by atoms with Gasteiger partial charge in [-0.15, -0.1) is 0 Å². The number of hydrogen-bond donors (Lipinski definition) is 1. The number of allylic oxidation sites excluding steroid dienone is 1. The molecule has 3 rings (SSSR count). The number of carbonyl (C=O) groups excluding carboxylic acids is 1. The Morgan fingerprint density at radius 3 is 2.58 bits per heavy atom. The summed E-state index contributed by atoms with van der Waals surface area (Å²) in [6.07, 6.45) is 1.89. The van der Waals surface area contributed by atoms with E-state index in [0.717, 1.165) is 24.0 Å². The lowest BCUT2D eigenvalue weighted by Crippen LogP contribution is -2.65. The summed E-state index contributed by atoms with van der Waals surface area (Å²) in [5, 5.41) is -4.91. The van der Waals surface area contributed by atoms with Gasteiger partial charge in [0.15, 0.2) is 0 Å². The zero-order chi connectivity index (χ0) is 14.2. The van der Waals surface area contributed by atoms with Gasteiger partial charge in [-0.1, -0.05) is 12.5 Å². The van der Waals surface area contributed by atoms with Gasteiger partial charge in [0.1, 0.15) is 6.61 Å². The first kappa shape index (κ1) is 13.0. The highest BCUT2D eigenvalue weighted by molar-refractivity contribution is 7.87. The zero-order valence-corrected chi connectivity index (χ0v) is 10.8. The van der Waals surface area contributed by atoms with Gasteiger partial charge < -0.3 is 4.74 Å². The van der Waals surface area contributed by atoms with E-state index in [4.69, 9.17) is 4.55 Å². The Morgan fingerprint density at radius 1 is 1.58 bits per heavy atom. The minimum Gasteiger partial charge on any atom is -0.456 e. The Morgan fingerprint density at radius 2 is 2.21 bits per heavy atom. The highest BCUT2D eigenvalue weighted by Crippen LogP contribution is 2.77. The van der Waals surface area contributed by atoms with E-state index >= 15 is 0 Å². The lowest BCUT2D eigenvalue weighted by molar-refractivity contribution is -0.163. The van der Waals surface area contributed by atoms with Crippen molar-refractivity contribution in [2.75, 3.05) is 6.61 Å². The van der Waals surface area contributed by atoms with Crippen molar-refractivity contribution < 1.29 is 31.3 Å².